The van der Waals surface area contributed by atoms with Crippen LogP contribution in [0.5, 0.6) is 0 Å². The lowest BCUT2D eigenvalue weighted by molar-refractivity contribution is 0.303. The van der Waals surface area contributed by atoms with Crippen LogP contribution >= 0.6 is 11.6 Å². The zero-order valence-electron chi connectivity index (χ0n) is 13.4. The van der Waals surface area contributed by atoms with Crippen LogP contribution in [0.4, 0.5) is 17.5 Å². The molecule has 0 saturated heterocycles. The molecule has 3 rings (SSSR count). The fourth-order valence-corrected chi connectivity index (χ4v) is 2.35. The predicted molar refractivity (Wildman–Crippen MR) is 95.0 cm³/mol. The summed E-state index contributed by atoms with van der Waals surface area (Å²) in [5, 5.41) is 13.0. The highest BCUT2D eigenvalue weighted by Gasteiger charge is 2.13. The summed E-state index contributed by atoms with van der Waals surface area (Å²) < 4.78 is 0. The molecule has 3 aromatic rings. The van der Waals surface area contributed by atoms with Gasteiger partial charge in [-0.3, -0.25) is 0 Å². The Morgan fingerprint density at radius 2 is 2.00 bits per heavy atom. The van der Waals surface area contributed by atoms with Gasteiger partial charge < -0.3 is 15.3 Å². The molecule has 0 aliphatic rings. The molecule has 0 amide bonds. The van der Waals surface area contributed by atoms with Crippen LogP contribution in [0, 0.1) is 6.92 Å². The van der Waals surface area contributed by atoms with E-state index in [0.717, 1.165) is 11.3 Å². The fourth-order valence-electron chi connectivity index (χ4n) is 2.17. The van der Waals surface area contributed by atoms with Crippen LogP contribution in [0.1, 0.15) is 5.56 Å². The van der Waals surface area contributed by atoms with Crippen molar-refractivity contribution in [3.63, 3.8) is 0 Å². The van der Waals surface area contributed by atoms with Gasteiger partial charge in [0.15, 0.2) is 17.0 Å². The minimum Gasteiger partial charge on any atom is -0.395 e. The van der Waals surface area contributed by atoms with E-state index in [2.05, 4.69) is 25.3 Å². The number of nitrogens with zero attached hydrogens (tertiary/aromatic N) is 5. The minimum atomic E-state index is 0.00863. The van der Waals surface area contributed by atoms with Crippen molar-refractivity contribution >= 4 is 40.2 Å². The molecular formula is C16H17ClN6O. The van der Waals surface area contributed by atoms with Crippen molar-refractivity contribution in [2.75, 3.05) is 30.4 Å². The van der Waals surface area contributed by atoms with Crippen molar-refractivity contribution in [1.82, 2.24) is 19.9 Å². The van der Waals surface area contributed by atoms with Crippen LogP contribution in [0.15, 0.2) is 30.6 Å². The molecule has 8 heteroatoms. The number of hydrogen-bond donors (Lipinski definition) is 2. The Kier molecular flexibility index (Phi) is 4.73. The lowest BCUT2D eigenvalue weighted by Crippen LogP contribution is -2.23. The third kappa shape index (κ3) is 3.37. The Morgan fingerprint density at radius 1 is 1.21 bits per heavy atom. The van der Waals surface area contributed by atoms with Crippen LogP contribution in [0.3, 0.4) is 0 Å². The number of likely N-dealkylation sites (N-methyl/N-ethyl adjacent to an activating group) is 1. The number of fused-ring (bicyclic) bond motifs is 1. The van der Waals surface area contributed by atoms with Gasteiger partial charge in [0.25, 0.3) is 0 Å². The van der Waals surface area contributed by atoms with E-state index < -0.39 is 0 Å². The second kappa shape index (κ2) is 6.94. The molecule has 0 fully saturated rings. The first-order valence-electron chi connectivity index (χ1n) is 7.42. The van der Waals surface area contributed by atoms with Crippen molar-refractivity contribution in [3.05, 3.63) is 41.2 Å². The maximum atomic E-state index is 9.12. The number of aliphatic hydroxyl groups excluding tert-OH is 1. The topological polar surface area (TPSA) is 87.1 Å². The monoisotopic (exact) mass is 344 g/mol. The van der Waals surface area contributed by atoms with E-state index in [0.29, 0.717) is 34.5 Å². The predicted octanol–water partition coefficient (Wildman–Crippen LogP) is 2.55. The second-order valence-corrected chi connectivity index (χ2v) is 5.74. The number of nitrogens with one attached hydrogen (secondary N) is 1. The Hall–Kier alpha value is -2.51. The first-order valence-corrected chi connectivity index (χ1v) is 7.80. The highest BCUT2D eigenvalue weighted by molar-refractivity contribution is 6.31. The van der Waals surface area contributed by atoms with Gasteiger partial charge in [-0.1, -0.05) is 17.7 Å². The maximum Gasteiger partial charge on any atom is 0.229 e. The number of hydrogen-bond acceptors (Lipinski definition) is 7. The number of aromatic nitrogens is 4. The molecule has 7 nitrogen and oxygen atoms in total. The largest absolute Gasteiger partial charge is 0.395 e. The Bertz CT molecular complexity index is 872. The van der Waals surface area contributed by atoms with Gasteiger partial charge in [-0.05, 0) is 24.6 Å². The van der Waals surface area contributed by atoms with E-state index in [-0.39, 0.29) is 6.61 Å². The van der Waals surface area contributed by atoms with E-state index in [4.69, 9.17) is 16.7 Å². The van der Waals surface area contributed by atoms with E-state index in [9.17, 15) is 0 Å². The molecule has 0 radical (unpaired) electrons. The van der Waals surface area contributed by atoms with E-state index in [1.807, 2.05) is 25.1 Å². The third-order valence-corrected chi connectivity index (χ3v) is 3.94. The summed E-state index contributed by atoms with van der Waals surface area (Å²) in [4.78, 5) is 19.2. The van der Waals surface area contributed by atoms with Crippen molar-refractivity contribution in [2.45, 2.75) is 6.92 Å². The van der Waals surface area contributed by atoms with Gasteiger partial charge in [0.1, 0.15) is 0 Å². The summed E-state index contributed by atoms with van der Waals surface area (Å²) in [6.45, 7) is 2.37. The fraction of sp³-hybridized carbons (Fsp3) is 0.250. The molecule has 2 heterocycles. The smallest absolute Gasteiger partial charge is 0.229 e. The minimum absolute atomic E-state index is 0.00863. The summed E-state index contributed by atoms with van der Waals surface area (Å²) in [6, 6.07) is 5.68. The Labute approximate surface area is 144 Å². The zero-order valence-corrected chi connectivity index (χ0v) is 14.1. The third-order valence-electron chi connectivity index (χ3n) is 3.53. The molecule has 24 heavy (non-hydrogen) atoms. The Morgan fingerprint density at radius 3 is 2.75 bits per heavy atom. The van der Waals surface area contributed by atoms with Crippen LogP contribution in [0.2, 0.25) is 5.02 Å². The van der Waals surface area contributed by atoms with Gasteiger partial charge in [0.05, 0.1) is 6.61 Å². The number of rotatable bonds is 5. The van der Waals surface area contributed by atoms with Crippen LogP contribution in [-0.4, -0.2) is 45.2 Å². The summed E-state index contributed by atoms with van der Waals surface area (Å²) in [5.74, 6) is 0.991. The van der Waals surface area contributed by atoms with Gasteiger partial charge in [-0.15, -0.1) is 0 Å². The van der Waals surface area contributed by atoms with Crippen molar-refractivity contribution in [3.8, 4) is 0 Å². The normalized spacial score (nSPS) is 10.8. The molecule has 0 bridgehead atoms. The zero-order chi connectivity index (χ0) is 17.1. The van der Waals surface area contributed by atoms with Crippen molar-refractivity contribution in [1.29, 1.82) is 0 Å². The molecule has 1 aromatic carbocycles. The van der Waals surface area contributed by atoms with Gasteiger partial charge in [0.2, 0.25) is 5.95 Å². The molecular weight excluding hydrogens is 328 g/mol. The molecule has 2 N–H and O–H groups in total. The Balaban J connectivity index is 2.05. The number of aliphatic hydroxyl groups is 1. The van der Waals surface area contributed by atoms with Crippen LogP contribution < -0.4 is 10.2 Å². The average Bonchev–Trinajstić information content (AvgIpc) is 2.58. The summed E-state index contributed by atoms with van der Waals surface area (Å²) in [7, 11) is 1.81. The van der Waals surface area contributed by atoms with Crippen molar-refractivity contribution in [2.24, 2.45) is 0 Å². The molecule has 124 valence electrons. The van der Waals surface area contributed by atoms with Gasteiger partial charge in [-0.25, -0.2) is 9.97 Å². The second-order valence-electron chi connectivity index (χ2n) is 5.33. The van der Waals surface area contributed by atoms with Crippen LogP contribution in [-0.2, 0) is 0 Å². The summed E-state index contributed by atoms with van der Waals surface area (Å²) >= 11 is 6.18. The quantitative estimate of drug-likeness (QED) is 0.735. The summed E-state index contributed by atoms with van der Waals surface area (Å²) in [5.41, 5.74) is 2.84. The van der Waals surface area contributed by atoms with Gasteiger partial charge >= 0.3 is 0 Å². The SMILES string of the molecule is Cc1ccc(Nc2nc(N(C)CCO)nc3nccnc23)cc1Cl. The molecule has 0 saturated carbocycles. The number of aryl methyl sites for hydroxylation is 1. The number of benzene rings is 1. The molecule has 0 atom stereocenters. The van der Waals surface area contributed by atoms with Gasteiger partial charge in [0, 0.05) is 36.7 Å². The number of halogens is 1. The first-order chi connectivity index (χ1) is 11.6. The van der Waals surface area contributed by atoms with E-state index >= 15 is 0 Å². The van der Waals surface area contributed by atoms with Crippen LogP contribution in [0.25, 0.3) is 11.2 Å². The summed E-state index contributed by atoms with van der Waals surface area (Å²) in [6.07, 6.45) is 3.17. The van der Waals surface area contributed by atoms with E-state index in [1.165, 1.54) is 0 Å². The highest BCUT2D eigenvalue weighted by atomic mass is 35.5. The molecule has 2 aromatic heterocycles. The lowest BCUT2D eigenvalue weighted by Gasteiger charge is -2.17. The maximum absolute atomic E-state index is 9.12. The molecule has 0 aliphatic carbocycles. The highest BCUT2D eigenvalue weighted by Crippen LogP contribution is 2.26. The molecule has 0 aliphatic heterocycles. The standard InChI is InChI=1S/C16H17ClN6O/c1-10-3-4-11(9-12(10)17)20-15-13-14(19-6-5-18-13)21-16(22-15)23(2)7-8-24/h3-6,9,24H,7-8H2,1-2H3,(H,19,20,21,22). The van der Waals surface area contributed by atoms with Gasteiger partial charge in [-0.2, -0.15) is 9.97 Å². The van der Waals surface area contributed by atoms with E-state index in [1.54, 1.807) is 24.3 Å². The first kappa shape index (κ1) is 16.4. The van der Waals surface area contributed by atoms with Crippen molar-refractivity contribution < 1.29 is 5.11 Å². The number of anilines is 3. The molecule has 0 spiro atoms. The average molecular weight is 345 g/mol. The molecule has 0 unspecified atom stereocenters. The lowest BCUT2D eigenvalue weighted by atomic mass is 10.2.